The van der Waals surface area contributed by atoms with Gasteiger partial charge in [-0.05, 0) is 51.1 Å². The van der Waals surface area contributed by atoms with Crippen molar-refractivity contribution in [3.05, 3.63) is 23.8 Å². The Morgan fingerprint density at radius 2 is 1.96 bits per heavy atom. The van der Waals surface area contributed by atoms with Crippen LogP contribution in [0.1, 0.15) is 30.1 Å². The quantitative estimate of drug-likeness (QED) is 0.595. The van der Waals surface area contributed by atoms with E-state index in [0.717, 1.165) is 57.0 Å². The van der Waals surface area contributed by atoms with Crippen LogP contribution in [0.2, 0.25) is 0 Å². The van der Waals surface area contributed by atoms with Gasteiger partial charge >= 0.3 is 0 Å². The molecule has 0 bridgehead atoms. The van der Waals surface area contributed by atoms with E-state index in [4.69, 9.17) is 14.2 Å². The summed E-state index contributed by atoms with van der Waals surface area (Å²) in [7, 11) is 0. The minimum absolute atomic E-state index is 0.112. The molecule has 5 nitrogen and oxygen atoms in total. The third-order valence-corrected chi connectivity index (χ3v) is 4.54. The van der Waals surface area contributed by atoms with Crippen molar-refractivity contribution in [3.8, 4) is 11.5 Å². The maximum absolute atomic E-state index is 12.7. The molecule has 0 aromatic heterocycles. The van der Waals surface area contributed by atoms with Crippen LogP contribution in [0.15, 0.2) is 18.2 Å². The van der Waals surface area contributed by atoms with Crippen LogP contribution in [0.5, 0.6) is 11.5 Å². The molecule has 0 aliphatic carbocycles. The van der Waals surface area contributed by atoms with Gasteiger partial charge in [0, 0.05) is 24.6 Å². The fourth-order valence-electron chi connectivity index (χ4n) is 3.19. The first-order valence-electron chi connectivity index (χ1n) is 8.52. The second-order valence-corrected chi connectivity index (χ2v) is 6.04. The van der Waals surface area contributed by atoms with Gasteiger partial charge in [0.15, 0.2) is 17.3 Å². The summed E-state index contributed by atoms with van der Waals surface area (Å²) < 4.78 is 16.5. The number of benzene rings is 1. The van der Waals surface area contributed by atoms with Crippen LogP contribution in [-0.4, -0.2) is 56.7 Å². The molecule has 1 aromatic rings. The van der Waals surface area contributed by atoms with E-state index in [1.165, 1.54) is 0 Å². The zero-order valence-electron chi connectivity index (χ0n) is 13.8. The molecule has 0 atom stereocenters. The molecule has 2 heterocycles. The maximum atomic E-state index is 12.7. The normalized spacial score (nSPS) is 18.8. The van der Waals surface area contributed by atoms with E-state index in [-0.39, 0.29) is 11.7 Å². The van der Waals surface area contributed by atoms with E-state index < -0.39 is 0 Å². The summed E-state index contributed by atoms with van der Waals surface area (Å²) >= 11 is 0. The van der Waals surface area contributed by atoms with Gasteiger partial charge in [0.1, 0.15) is 13.2 Å². The lowest BCUT2D eigenvalue weighted by Gasteiger charge is -2.31. The molecule has 0 N–H and O–H groups in total. The smallest absolute Gasteiger partial charge is 0.166 e. The van der Waals surface area contributed by atoms with Crippen LogP contribution >= 0.6 is 0 Å². The first-order chi connectivity index (χ1) is 11.3. The third kappa shape index (κ3) is 4.03. The molecule has 5 heteroatoms. The Morgan fingerprint density at radius 3 is 2.70 bits per heavy atom. The topological polar surface area (TPSA) is 48.0 Å². The molecule has 0 radical (unpaired) electrons. The van der Waals surface area contributed by atoms with Crippen molar-refractivity contribution in [2.45, 2.75) is 19.8 Å². The summed E-state index contributed by atoms with van der Waals surface area (Å²) in [6, 6.07) is 5.54. The lowest BCUT2D eigenvalue weighted by molar-refractivity contribution is 0.0762. The number of rotatable bonds is 6. The highest BCUT2D eigenvalue weighted by Crippen LogP contribution is 2.32. The fraction of sp³-hybridized carbons (Fsp3) is 0.611. The van der Waals surface area contributed by atoms with Gasteiger partial charge in [0.2, 0.25) is 0 Å². The number of carbonyl (C=O) groups is 1. The number of ketones is 1. The lowest BCUT2D eigenvalue weighted by Crippen LogP contribution is -2.38. The molecule has 0 amide bonds. The van der Waals surface area contributed by atoms with Gasteiger partial charge in [-0.15, -0.1) is 0 Å². The van der Waals surface area contributed by atoms with Crippen molar-refractivity contribution in [2.24, 2.45) is 5.92 Å². The molecular formula is C18H25NO4. The van der Waals surface area contributed by atoms with Crippen molar-refractivity contribution in [3.63, 3.8) is 0 Å². The van der Waals surface area contributed by atoms with Crippen molar-refractivity contribution in [2.75, 3.05) is 46.1 Å². The lowest BCUT2D eigenvalue weighted by atomic mass is 9.88. The molecule has 1 aromatic carbocycles. The van der Waals surface area contributed by atoms with Crippen LogP contribution < -0.4 is 9.47 Å². The molecule has 2 aliphatic heterocycles. The molecule has 0 unspecified atom stereocenters. The van der Waals surface area contributed by atoms with Gasteiger partial charge < -0.3 is 19.1 Å². The second kappa shape index (κ2) is 7.79. The van der Waals surface area contributed by atoms with Crippen molar-refractivity contribution >= 4 is 5.78 Å². The predicted octanol–water partition coefficient (Wildman–Crippen LogP) is 2.39. The van der Waals surface area contributed by atoms with Gasteiger partial charge in [-0.2, -0.15) is 0 Å². The summed E-state index contributed by atoms with van der Waals surface area (Å²) in [4.78, 5) is 15.1. The zero-order valence-corrected chi connectivity index (χ0v) is 13.8. The largest absolute Gasteiger partial charge is 0.486 e. The molecule has 23 heavy (non-hydrogen) atoms. The second-order valence-electron chi connectivity index (χ2n) is 6.04. The highest BCUT2D eigenvalue weighted by molar-refractivity contribution is 5.98. The summed E-state index contributed by atoms with van der Waals surface area (Å²) in [5.41, 5.74) is 0.738. The number of fused-ring (bicyclic) bond motifs is 1. The maximum Gasteiger partial charge on any atom is 0.166 e. The Labute approximate surface area is 137 Å². The summed E-state index contributed by atoms with van der Waals surface area (Å²) in [6.07, 6.45) is 1.83. The summed E-state index contributed by atoms with van der Waals surface area (Å²) in [6.45, 7) is 7.55. The van der Waals surface area contributed by atoms with Gasteiger partial charge in [0.05, 0.1) is 6.61 Å². The molecule has 3 rings (SSSR count). The highest BCUT2D eigenvalue weighted by atomic mass is 16.6. The Balaban J connectivity index is 1.55. The summed E-state index contributed by atoms with van der Waals surface area (Å²) in [5.74, 6) is 1.77. The minimum Gasteiger partial charge on any atom is -0.486 e. The number of ether oxygens (including phenoxy) is 3. The molecule has 1 fully saturated rings. The molecule has 0 saturated carbocycles. The summed E-state index contributed by atoms with van der Waals surface area (Å²) in [5, 5.41) is 0. The van der Waals surface area contributed by atoms with Crippen LogP contribution in [0, 0.1) is 5.92 Å². The van der Waals surface area contributed by atoms with Crippen molar-refractivity contribution in [1.82, 2.24) is 4.90 Å². The van der Waals surface area contributed by atoms with Crippen LogP contribution in [0.4, 0.5) is 0 Å². The standard InChI is InChI=1S/C18H25NO4/c1-2-21-10-9-19-7-5-14(6-8-19)18(20)15-3-4-16-17(13-15)23-12-11-22-16/h3-4,13-14H,2,5-12H2,1H3. The number of Topliss-reactive ketones (excluding diaryl/α,β-unsaturated/α-hetero) is 1. The molecule has 126 valence electrons. The van der Waals surface area contributed by atoms with E-state index in [9.17, 15) is 4.79 Å². The van der Waals surface area contributed by atoms with Gasteiger partial charge in [-0.1, -0.05) is 0 Å². The van der Waals surface area contributed by atoms with Crippen LogP contribution in [0.3, 0.4) is 0 Å². The Morgan fingerprint density at radius 1 is 1.22 bits per heavy atom. The number of likely N-dealkylation sites (tertiary alicyclic amines) is 1. The fourth-order valence-corrected chi connectivity index (χ4v) is 3.19. The predicted molar refractivity (Wildman–Crippen MR) is 87.4 cm³/mol. The van der Waals surface area contributed by atoms with Gasteiger partial charge in [-0.25, -0.2) is 0 Å². The van der Waals surface area contributed by atoms with Gasteiger partial charge in [-0.3, -0.25) is 4.79 Å². The number of nitrogens with zero attached hydrogens (tertiary/aromatic N) is 1. The zero-order chi connectivity index (χ0) is 16.1. The Kier molecular flexibility index (Phi) is 5.51. The van der Waals surface area contributed by atoms with E-state index in [2.05, 4.69) is 4.90 Å². The van der Waals surface area contributed by atoms with Crippen LogP contribution in [0.25, 0.3) is 0 Å². The highest BCUT2D eigenvalue weighted by Gasteiger charge is 2.26. The van der Waals surface area contributed by atoms with E-state index >= 15 is 0 Å². The number of carbonyl (C=O) groups excluding carboxylic acids is 1. The Hall–Kier alpha value is -1.59. The monoisotopic (exact) mass is 319 g/mol. The molecule has 0 spiro atoms. The molecular weight excluding hydrogens is 294 g/mol. The van der Waals surface area contributed by atoms with E-state index in [1.54, 1.807) is 0 Å². The average Bonchev–Trinajstić information content (AvgIpc) is 2.61. The average molecular weight is 319 g/mol. The molecule has 2 aliphatic rings. The SMILES string of the molecule is CCOCCN1CCC(C(=O)c2ccc3c(c2)OCCO3)CC1. The van der Waals surface area contributed by atoms with Crippen molar-refractivity contribution in [1.29, 1.82) is 0 Å². The third-order valence-electron chi connectivity index (χ3n) is 4.54. The minimum atomic E-state index is 0.112. The first-order valence-corrected chi connectivity index (χ1v) is 8.52. The first kappa shape index (κ1) is 16.3. The molecule has 1 saturated heterocycles. The van der Waals surface area contributed by atoms with Crippen LogP contribution in [-0.2, 0) is 4.74 Å². The van der Waals surface area contributed by atoms with Gasteiger partial charge in [0.25, 0.3) is 0 Å². The van der Waals surface area contributed by atoms with E-state index in [1.807, 2.05) is 25.1 Å². The van der Waals surface area contributed by atoms with Crippen molar-refractivity contribution < 1.29 is 19.0 Å². The number of hydrogen-bond acceptors (Lipinski definition) is 5. The van der Waals surface area contributed by atoms with E-state index in [0.29, 0.717) is 19.0 Å². The number of hydrogen-bond donors (Lipinski definition) is 0. The Bertz CT molecular complexity index is 538. The number of piperidine rings is 1.